The van der Waals surface area contributed by atoms with Crippen molar-refractivity contribution in [3.63, 3.8) is 0 Å². The summed E-state index contributed by atoms with van der Waals surface area (Å²) in [6, 6.07) is 1.70. The van der Waals surface area contributed by atoms with Crippen molar-refractivity contribution in [3.8, 4) is 0 Å². The van der Waals surface area contributed by atoms with Gasteiger partial charge in [0.15, 0.2) is 5.60 Å². The number of furan rings is 1. The molecule has 5 aliphatic rings. The number of ketones is 1. The average Bonchev–Trinajstić information content (AvgIpc) is 3.68. The molecule has 1 N–H and O–H groups in total. The van der Waals surface area contributed by atoms with Gasteiger partial charge in [-0.1, -0.05) is 48.5 Å². The molecule has 2 fully saturated rings. The fourth-order valence-electron chi connectivity index (χ4n) is 9.68. The summed E-state index contributed by atoms with van der Waals surface area (Å²) in [5, 5.41) is 13.2. The molecule has 0 spiro atoms. The Bertz CT molecular complexity index is 1620. The van der Waals surface area contributed by atoms with E-state index in [1.54, 1.807) is 33.8 Å². The number of rotatable bonds is 8. The minimum Gasteiger partial charge on any atom is -0.472 e. The Hall–Kier alpha value is -3.73. The SMILES string of the molecule is CC[C@H](C)C(=O)O[C@@]12C[C@@]3(C)[C@@H](OC(=O)C(C)C)[C@]1(O)C(=O)C1=C(CC[C@]4(C)C1=CC(=O)O[C@H]4c1ccoc1)[C@]2(C)[C@@H]3CC(=O)OC. The highest BCUT2D eigenvalue weighted by Gasteiger charge is 2.91. The van der Waals surface area contributed by atoms with Crippen molar-refractivity contribution in [2.75, 3.05) is 7.11 Å². The Kier molecular flexibility index (Phi) is 7.51. The smallest absolute Gasteiger partial charge is 0.331 e. The summed E-state index contributed by atoms with van der Waals surface area (Å²) >= 11 is 0. The number of carbonyl (C=O) groups is 5. The number of aliphatic hydroxyl groups is 1. The molecule has 2 saturated carbocycles. The van der Waals surface area contributed by atoms with Crippen LogP contribution in [-0.2, 0) is 42.9 Å². The van der Waals surface area contributed by atoms with Gasteiger partial charge in [-0.15, -0.1) is 0 Å². The van der Waals surface area contributed by atoms with Crippen molar-refractivity contribution in [1.82, 2.24) is 0 Å². The third-order valence-corrected chi connectivity index (χ3v) is 12.4. The third-order valence-electron chi connectivity index (χ3n) is 12.4. The Morgan fingerprint density at radius 3 is 2.40 bits per heavy atom. The Morgan fingerprint density at radius 1 is 1.11 bits per heavy atom. The summed E-state index contributed by atoms with van der Waals surface area (Å²) < 4.78 is 28.9. The number of methoxy groups -OCH3 is 1. The van der Waals surface area contributed by atoms with E-state index in [9.17, 15) is 24.3 Å². The van der Waals surface area contributed by atoms with Gasteiger partial charge in [-0.25, -0.2) is 4.79 Å². The molecule has 254 valence electrons. The molecule has 0 unspecified atom stereocenters. The predicted molar refractivity (Wildman–Crippen MR) is 164 cm³/mol. The van der Waals surface area contributed by atoms with Crippen LogP contribution >= 0.6 is 0 Å². The van der Waals surface area contributed by atoms with Crippen LogP contribution in [0.4, 0.5) is 0 Å². The number of esters is 4. The van der Waals surface area contributed by atoms with Crippen LogP contribution in [0, 0.1) is 34.0 Å². The quantitative estimate of drug-likeness (QED) is 0.306. The lowest BCUT2D eigenvalue weighted by Crippen LogP contribution is -2.77. The zero-order valence-corrected chi connectivity index (χ0v) is 28.3. The highest BCUT2D eigenvalue weighted by Crippen LogP contribution is 2.80. The lowest BCUT2D eigenvalue weighted by Gasteiger charge is -2.63. The lowest BCUT2D eigenvalue weighted by atomic mass is 9.43. The van der Waals surface area contributed by atoms with E-state index in [2.05, 4.69) is 0 Å². The molecule has 2 bridgehead atoms. The van der Waals surface area contributed by atoms with Gasteiger partial charge in [0.1, 0.15) is 12.2 Å². The second kappa shape index (κ2) is 10.6. The maximum atomic E-state index is 15.3. The number of hydrogen-bond acceptors (Lipinski definition) is 11. The van der Waals surface area contributed by atoms with Gasteiger partial charge in [-0.05, 0) is 42.4 Å². The monoisotopic (exact) mass is 652 g/mol. The summed E-state index contributed by atoms with van der Waals surface area (Å²) in [5.74, 6) is -5.10. The van der Waals surface area contributed by atoms with Crippen molar-refractivity contribution < 1.29 is 52.4 Å². The number of carbonyl (C=O) groups excluding carboxylic acids is 5. The number of hydrogen-bond donors (Lipinski definition) is 1. The summed E-state index contributed by atoms with van der Waals surface area (Å²) in [6.45, 7) is 12.3. The lowest BCUT2D eigenvalue weighted by molar-refractivity contribution is -0.260. The molecule has 6 rings (SSSR count). The molecule has 47 heavy (non-hydrogen) atoms. The van der Waals surface area contributed by atoms with Crippen LogP contribution in [0.3, 0.4) is 0 Å². The Labute approximate surface area is 274 Å². The van der Waals surface area contributed by atoms with Gasteiger partial charge in [0, 0.05) is 46.3 Å². The number of fused-ring (bicyclic) bond motifs is 4. The fraction of sp³-hybridized carbons (Fsp3) is 0.639. The van der Waals surface area contributed by atoms with Crippen LogP contribution in [0.5, 0.6) is 0 Å². The molecule has 0 radical (unpaired) electrons. The van der Waals surface area contributed by atoms with Crippen LogP contribution in [0.15, 0.2) is 45.8 Å². The molecule has 1 aliphatic heterocycles. The fourth-order valence-corrected chi connectivity index (χ4v) is 9.68. The molecule has 1 aromatic rings. The predicted octanol–water partition coefficient (Wildman–Crippen LogP) is 4.72. The second-order valence-electron chi connectivity index (χ2n) is 15.0. The van der Waals surface area contributed by atoms with Crippen molar-refractivity contribution in [2.45, 2.75) is 104 Å². The van der Waals surface area contributed by atoms with Crippen LogP contribution < -0.4 is 0 Å². The maximum absolute atomic E-state index is 15.3. The minimum atomic E-state index is -2.54. The van der Waals surface area contributed by atoms with E-state index in [0.29, 0.717) is 36.0 Å². The standard InChI is InChI=1S/C36H44O11/c1-9-19(4)30(41)47-35-17-33(6)23(15-24(37)43-8)34(35,7)21-10-12-32(5)22(14-25(38)45-28(32)20-11-13-44-16-20)26(21)27(39)36(35,42)31(33)46-29(40)18(2)3/h11,13-14,16,18-19,23,28,31,42H,9-10,12,15,17H2,1-8H3/t19-,23+,28-,31+,32+,33+,34+,35+,36+/m0/s1. The number of Topliss-reactive ketones (excluding diaryl/α,β-unsaturated/α-hetero) is 1. The first-order valence-corrected chi connectivity index (χ1v) is 16.4. The summed E-state index contributed by atoms with van der Waals surface area (Å²) in [5.41, 5.74) is -6.09. The number of ether oxygens (including phenoxy) is 4. The van der Waals surface area contributed by atoms with Gasteiger partial charge in [-0.2, -0.15) is 0 Å². The molecule has 0 saturated heterocycles. The van der Waals surface area contributed by atoms with Gasteiger partial charge in [0.25, 0.3) is 0 Å². The van der Waals surface area contributed by atoms with E-state index in [4.69, 9.17) is 23.4 Å². The van der Waals surface area contributed by atoms with E-state index in [1.807, 2.05) is 20.8 Å². The second-order valence-corrected chi connectivity index (χ2v) is 15.0. The highest BCUT2D eigenvalue weighted by atomic mass is 16.6. The van der Waals surface area contributed by atoms with Crippen molar-refractivity contribution >= 4 is 29.7 Å². The Balaban J connectivity index is 1.66. The van der Waals surface area contributed by atoms with E-state index in [1.165, 1.54) is 25.7 Å². The molecule has 9 atom stereocenters. The zero-order valence-electron chi connectivity index (χ0n) is 28.3. The molecule has 0 aromatic carbocycles. The first-order valence-electron chi connectivity index (χ1n) is 16.4. The van der Waals surface area contributed by atoms with Crippen molar-refractivity contribution in [2.24, 2.45) is 34.0 Å². The van der Waals surface area contributed by atoms with Crippen LogP contribution in [0.1, 0.15) is 92.2 Å². The van der Waals surface area contributed by atoms with E-state index < -0.39 is 87.1 Å². The van der Waals surface area contributed by atoms with Crippen molar-refractivity contribution in [3.05, 3.63) is 47.0 Å². The zero-order chi connectivity index (χ0) is 34.5. The molecule has 4 aliphatic carbocycles. The molecular formula is C36H44O11. The van der Waals surface area contributed by atoms with Gasteiger partial charge in [-0.3, -0.25) is 19.2 Å². The average molecular weight is 653 g/mol. The number of cyclic esters (lactones) is 1. The summed E-state index contributed by atoms with van der Waals surface area (Å²) in [7, 11) is 1.28. The maximum Gasteiger partial charge on any atom is 0.331 e. The molecule has 0 amide bonds. The van der Waals surface area contributed by atoms with E-state index in [-0.39, 0.29) is 18.4 Å². The van der Waals surface area contributed by atoms with Gasteiger partial charge >= 0.3 is 23.9 Å². The summed E-state index contributed by atoms with van der Waals surface area (Å²) in [4.78, 5) is 68.7. The Morgan fingerprint density at radius 2 is 1.81 bits per heavy atom. The van der Waals surface area contributed by atoms with Crippen LogP contribution in [0.2, 0.25) is 0 Å². The highest BCUT2D eigenvalue weighted by molar-refractivity contribution is 6.12. The van der Waals surface area contributed by atoms with Crippen LogP contribution in [0.25, 0.3) is 0 Å². The first kappa shape index (κ1) is 33.2. The summed E-state index contributed by atoms with van der Waals surface area (Å²) in [6.07, 6.45) is 3.02. The van der Waals surface area contributed by atoms with E-state index >= 15 is 4.79 Å². The molecule has 11 heteroatoms. The molecule has 2 heterocycles. The normalized spacial score (nSPS) is 39.1. The molecule has 11 nitrogen and oxygen atoms in total. The first-order chi connectivity index (χ1) is 22.0. The van der Waals surface area contributed by atoms with Gasteiger partial charge < -0.3 is 28.5 Å². The molecule has 1 aromatic heterocycles. The van der Waals surface area contributed by atoms with Gasteiger partial charge in [0.05, 0.1) is 31.5 Å². The van der Waals surface area contributed by atoms with Crippen LogP contribution in [-0.4, -0.2) is 59.2 Å². The minimum absolute atomic E-state index is 0.0363. The largest absolute Gasteiger partial charge is 0.472 e. The van der Waals surface area contributed by atoms with Gasteiger partial charge in [0.2, 0.25) is 11.4 Å². The van der Waals surface area contributed by atoms with Crippen molar-refractivity contribution in [1.29, 1.82) is 0 Å². The molecular weight excluding hydrogens is 608 g/mol. The third kappa shape index (κ3) is 4.04. The topological polar surface area (TPSA) is 156 Å². The van der Waals surface area contributed by atoms with E-state index in [0.717, 1.165) is 0 Å².